The number of nitrogens with two attached hydrogens (primary N) is 1. The number of rotatable bonds is 10. The number of aromatic nitrogens is 3. The van der Waals surface area contributed by atoms with E-state index in [2.05, 4.69) is 42.8 Å². The molecule has 14 heteroatoms. The Morgan fingerprint density at radius 1 is 0.763 bits per heavy atom. The van der Waals surface area contributed by atoms with Crippen LogP contribution >= 0.6 is 11.6 Å². The first-order valence-electron chi connectivity index (χ1n) is 11.3. The van der Waals surface area contributed by atoms with Gasteiger partial charge in [-0.1, -0.05) is 18.2 Å². The Morgan fingerprint density at radius 2 is 1.16 bits per heavy atom. The summed E-state index contributed by atoms with van der Waals surface area (Å²) in [7, 11) is 0. The molecule has 0 aromatic carbocycles. The molecule has 3 heterocycles. The lowest BCUT2D eigenvalue weighted by Gasteiger charge is -2.07. The summed E-state index contributed by atoms with van der Waals surface area (Å²) >= 11 is 5.59. The summed E-state index contributed by atoms with van der Waals surface area (Å²) in [6, 6.07) is 0. The van der Waals surface area contributed by atoms with Gasteiger partial charge >= 0.3 is 0 Å². The molecule has 0 bridgehead atoms. The molecule has 0 aliphatic heterocycles. The van der Waals surface area contributed by atoms with E-state index in [4.69, 9.17) is 17.3 Å². The highest BCUT2D eigenvalue weighted by Crippen LogP contribution is 2.25. The molecule has 0 unspecified atom stereocenters. The van der Waals surface area contributed by atoms with Crippen LogP contribution in [-0.2, 0) is 9.59 Å². The molecule has 3 aromatic rings. The molecule has 3 aromatic heterocycles. The summed E-state index contributed by atoms with van der Waals surface area (Å²) in [5.41, 5.74) is 8.28. The normalized spacial score (nSPS) is 10.5. The lowest BCUT2D eigenvalue weighted by molar-refractivity contribution is -0.118. The quantitative estimate of drug-likeness (QED) is 0.181. The molecule has 13 nitrogen and oxygen atoms in total. The lowest BCUT2D eigenvalue weighted by atomic mass is 10.2. The van der Waals surface area contributed by atoms with Gasteiger partial charge in [0.2, 0.25) is 5.91 Å². The fourth-order valence-corrected chi connectivity index (χ4v) is 3.58. The van der Waals surface area contributed by atoms with Gasteiger partial charge in [0.05, 0.1) is 22.1 Å². The number of halogens is 1. The predicted octanol–water partition coefficient (Wildman–Crippen LogP) is 2.40. The number of carbonyl (C=O) groups excluding carboxylic acids is 5. The third-order valence-electron chi connectivity index (χ3n) is 5.75. The zero-order chi connectivity index (χ0) is 28.1. The largest absolute Gasteiger partial charge is 0.370 e. The van der Waals surface area contributed by atoms with E-state index in [1.807, 2.05) is 0 Å². The van der Waals surface area contributed by atoms with Crippen LogP contribution in [0.15, 0.2) is 30.2 Å². The summed E-state index contributed by atoms with van der Waals surface area (Å²) in [6.07, 6.45) is 4.41. The van der Waals surface area contributed by atoms with Gasteiger partial charge in [-0.15, -0.1) is 0 Å². The van der Waals surface area contributed by atoms with Crippen molar-refractivity contribution in [2.45, 2.75) is 27.2 Å². The number of primary amides is 1. The highest BCUT2D eigenvalue weighted by Gasteiger charge is 2.21. The summed E-state index contributed by atoms with van der Waals surface area (Å²) < 4.78 is 0. The molecule has 9 N–H and O–H groups in total. The van der Waals surface area contributed by atoms with Crippen LogP contribution in [0.3, 0.4) is 0 Å². The van der Waals surface area contributed by atoms with E-state index in [1.54, 1.807) is 20.8 Å². The molecule has 0 saturated carbocycles. The fourth-order valence-electron chi connectivity index (χ4n) is 3.53. The average molecular weight is 543 g/mol. The van der Waals surface area contributed by atoms with Gasteiger partial charge in [0.15, 0.2) is 0 Å². The van der Waals surface area contributed by atoms with Gasteiger partial charge < -0.3 is 42.0 Å². The monoisotopic (exact) mass is 542 g/mol. The molecule has 0 fully saturated rings. The van der Waals surface area contributed by atoms with Crippen LogP contribution in [0.4, 0.5) is 17.1 Å². The van der Waals surface area contributed by atoms with Crippen molar-refractivity contribution in [2.24, 2.45) is 5.73 Å². The zero-order valence-electron chi connectivity index (χ0n) is 20.8. The van der Waals surface area contributed by atoms with Crippen LogP contribution in [0.1, 0.15) is 54.6 Å². The summed E-state index contributed by atoms with van der Waals surface area (Å²) in [6.45, 7) is 8.40. The van der Waals surface area contributed by atoms with Crippen LogP contribution in [0, 0.1) is 20.8 Å². The Kier molecular flexibility index (Phi) is 8.43. The number of aromatic amines is 3. The molecule has 3 rings (SSSR count). The Labute approximate surface area is 222 Å². The van der Waals surface area contributed by atoms with Gasteiger partial charge in [-0.05, 0) is 20.8 Å². The summed E-state index contributed by atoms with van der Waals surface area (Å²) in [5.74, 6) is -2.55. The molecule has 0 radical (unpaired) electrons. The first-order chi connectivity index (χ1) is 17.9. The van der Waals surface area contributed by atoms with Crippen molar-refractivity contribution in [3.63, 3.8) is 0 Å². The minimum Gasteiger partial charge on any atom is -0.370 e. The van der Waals surface area contributed by atoms with Crippen LogP contribution in [0.25, 0.3) is 0 Å². The van der Waals surface area contributed by atoms with E-state index < -0.39 is 29.5 Å². The number of anilines is 3. The number of carbonyl (C=O) groups is 5. The van der Waals surface area contributed by atoms with Crippen molar-refractivity contribution < 1.29 is 24.0 Å². The molecule has 38 heavy (non-hydrogen) atoms. The average Bonchev–Trinajstić information content (AvgIpc) is 3.51. The van der Waals surface area contributed by atoms with E-state index in [0.29, 0.717) is 33.8 Å². The maximum atomic E-state index is 12.9. The second-order valence-corrected chi connectivity index (χ2v) is 8.80. The number of nitrogens with one attached hydrogen (secondary N) is 7. The van der Waals surface area contributed by atoms with Crippen molar-refractivity contribution in [1.82, 2.24) is 20.3 Å². The van der Waals surface area contributed by atoms with Crippen molar-refractivity contribution in [1.29, 1.82) is 0 Å². The predicted molar refractivity (Wildman–Crippen MR) is 142 cm³/mol. The molecule has 5 amide bonds. The summed E-state index contributed by atoms with van der Waals surface area (Å²) in [5, 5.41) is 10.4. The maximum absolute atomic E-state index is 12.9. The third kappa shape index (κ3) is 6.13. The molecule has 0 aliphatic rings. The second-order valence-electron chi connectivity index (χ2n) is 8.35. The number of amides is 5. The van der Waals surface area contributed by atoms with Gasteiger partial charge in [0, 0.05) is 48.2 Å². The van der Waals surface area contributed by atoms with Crippen molar-refractivity contribution in [3.8, 4) is 0 Å². The Bertz CT molecular complexity index is 1450. The third-order valence-corrected chi connectivity index (χ3v) is 5.92. The van der Waals surface area contributed by atoms with Crippen molar-refractivity contribution in [3.05, 3.63) is 64.0 Å². The van der Waals surface area contributed by atoms with Crippen LogP contribution in [0.2, 0.25) is 0 Å². The Morgan fingerprint density at radius 3 is 1.55 bits per heavy atom. The van der Waals surface area contributed by atoms with Crippen LogP contribution < -0.4 is 27.0 Å². The van der Waals surface area contributed by atoms with Crippen molar-refractivity contribution >= 4 is 58.2 Å². The first kappa shape index (κ1) is 27.8. The minimum atomic E-state index is -0.591. The number of H-pyrrole nitrogens is 3. The van der Waals surface area contributed by atoms with Gasteiger partial charge in [-0.2, -0.15) is 0 Å². The van der Waals surface area contributed by atoms with Crippen LogP contribution in [0.5, 0.6) is 0 Å². The zero-order valence-corrected chi connectivity index (χ0v) is 21.6. The van der Waals surface area contributed by atoms with Gasteiger partial charge in [-0.3, -0.25) is 24.0 Å². The Balaban J connectivity index is 1.67. The number of hydrogen-bond donors (Lipinski definition) is 8. The SMILES string of the molecule is C=C(Cl)C(=O)Nc1c[nH]c(C(=O)Nc2c[nH]c(C(=O)Nc3c[nH]c(C(=O)NCCC(N)=O)c3C)c2C)c1C. The first-order valence-corrected chi connectivity index (χ1v) is 11.7. The highest BCUT2D eigenvalue weighted by atomic mass is 35.5. The molecule has 0 saturated heterocycles. The lowest BCUT2D eigenvalue weighted by Crippen LogP contribution is -2.28. The molecular weight excluding hydrogens is 516 g/mol. The van der Waals surface area contributed by atoms with Crippen LogP contribution in [-0.4, -0.2) is 51.0 Å². The van der Waals surface area contributed by atoms with E-state index in [0.717, 1.165) is 0 Å². The molecule has 0 aliphatic carbocycles. The summed E-state index contributed by atoms with van der Waals surface area (Å²) in [4.78, 5) is 69.1. The maximum Gasteiger partial charge on any atom is 0.272 e. The highest BCUT2D eigenvalue weighted by molar-refractivity contribution is 6.43. The molecule has 0 atom stereocenters. The van der Waals surface area contributed by atoms with E-state index in [1.165, 1.54) is 18.6 Å². The number of hydrogen-bond acceptors (Lipinski definition) is 5. The topological polar surface area (TPSA) is 207 Å². The van der Waals surface area contributed by atoms with Gasteiger partial charge in [0.1, 0.15) is 17.1 Å². The van der Waals surface area contributed by atoms with Crippen molar-refractivity contribution in [2.75, 3.05) is 22.5 Å². The second kappa shape index (κ2) is 11.5. The molecule has 0 spiro atoms. The molecule has 200 valence electrons. The minimum absolute atomic E-state index is 0.00536. The van der Waals surface area contributed by atoms with Gasteiger partial charge in [-0.25, -0.2) is 0 Å². The molecular formula is C24H27ClN8O5. The van der Waals surface area contributed by atoms with Gasteiger partial charge in [0.25, 0.3) is 23.6 Å². The smallest absolute Gasteiger partial charge is 0.272 e. The standard InChI is InChI=1S/C24H27ClN8O5/c1-10-15(8-28-18(10)22(36)27-6-5-17(26)34)32-24(38)20-12(3)16(9-30-20)33-23(37)19-11(2)14(7-29-19)31-21(35)13(4)25/h7-9,28-30H,4-6H2,1-3H3,(H2,26,34)(H,27,36)(H,31,35)(H,32,38)(H,33,37). The van der Waals surface area contributed by atoms with E-state index in [-0.39, 0.29) is 35.1 Å². The van der Waals surface area contributed by atoms with E-state index >= 15 is 0 Å². The van der Waals surface area contributed by atoms with E-state index in [9.17, 15) is 24.0 Å². The Hall–Kier alpha value is -4.78. The fraction of sp³-hybridized carbons (Fsp3) is 0.208.